The second-order valence-electron chi connectivity index (χ2n) is 3.33. The van der Waals surface area contributed by atoms with Crippen molar-refractivity contribution in [2.45, 2.75) is 13.3 Å². The number of halogens is 1. The number of thiol groups is 1. The maximum Gasteiger partial charge on any atom is 0.224 e. The van der Waals surface area contributed by atoms with Gasteiger partial charge in [0.05, 0.1) is 6.42 Å². The van der Waals surface area contributed by atoms with Crippen LogP contribution < -0.4 is 5.32 Å². The number of benzene rings is 1. The van der Waals surface area contributed by atoms with Gasteiger partial charge in [-0.15, -0.1) is 0 Å². The summed E-state index contributed by atoms with van der Waals surface area (Å²) >= 11 is 9.91. The highest BCUT2D eigenvalue weighted by Gasteiger charge is 2.03. The number of hydrogen-bond acceptors (Lipinski definition) is 2. The molecule has 0 spiro atoms. The minimum atomic E-state index is 0.0192. The second-order valence-corrected chi connectivity index (χ2v) is 4.19. The standard InChI is InChI=1S/C11H14ClNOS/c1-8-6-9(2-3-10(8)12)7-11(14)13-4-5-15/h2-3,6,15H,4-5,7H2,1H3,(H,13,14). The molecule has 0 aliphatic rings. The van der Waals surface area contributed by atoms with Gasteiger partial charge in [-0.2, -0.15) is 12.6 Å². The maximum atomic E-state index is 11.4. The van der Waals surface area contributed by atoms with Gasteiger partial charge in [-0.05, 0) is 24.1 Å². The van der Waals surface area contributed by atoms with E-state index in [0.29, 0.717) is 18.7 Å². The van der Waals surface area contributed by atoms with Crippen LogP contribution in [-0.2, 0) is 11.2 Å². The first kappa shape index (κ1) is 12.4. The van der Waals surface area contributed by atoms with Crippen LogP contribution in [0.15, 0.2) is 18.2 Å². The van der Waals surface area contributed by atoms with Crippen LogP contribution >= 0.6 is 24.2 Å². The Morgan fingerprint density at radius 3 is 2.87 bits per heavy atom. The summed E-state index contributed by atoms with van der Waals surface area (Å²) < 4.78 is 0. The quantitative estimate of drug-likeness (QED) is 0.781. The van der Waals surface area contributed by atoms with E-state index < -0.39 is 0 Å². The van der Waals surface area contributed by atoms with Crippen molar-refractivity contribution in [3.63, 3.8) is 0 Å². The molecule has 82 valence electrons. The van der Waals surface area contributed by atoms with Gasteiger partial charge >= 0.3 is 0 Å². The molecule has 1 rings (SSSR count). The Morgan fingerprint density at radius 2 is 2.27 bits per heavy atom. The van der Waals surface area contributed by atoms with Crippen molar-refractivity contribution in [2.24, 2.45) is 0 Å². The Labute approximate surface area is 100 Å². The summed E-state index contributed by atoms with van der Waals surface area (Å²) in [6.45, 7) is 2.53. The number of hydrogen-bond donors (Lipinski definition) is 2. The van der Waals surface area contributed by atoms with Crippen LogP contribution in [0.5, 0.6) is 0 Å². The van der Waals surface area contributed by atoms with Crippen LogP contribution in [0.2, 0.25) is 5.02 Å². The predicted molar refractivity (Wildman–Crippen MR) is 66.8 cm³/mol. The second kappa shape index (κ2) is 6.03. The molecule has 0 bridgehead atoms. The molecule has 0 aromatic heterocycles. The highest BCUT2D eigenvalue weighted by Crippen LogP contribution is 2.16. The van der Waals surface area contributed by atoms with Crippen LogP contribution in [-0.4, -0.2) is 18.2 Å². The Bertz CT molecular complexity index is 354. The molecule has 0 heterocycles. The van der Waals surface area contributed by atoms with Crippen LogP contribution in [0.4, 0.5) is 0 Å². The molecule has 4 heteroatoms. The van der Waals surface area contributed by atoms with E-state index in [0.717, 1.165) is 16.1 Å². The largest absolute Gasteiger partial charge is 0.355 e. The fraction of sp³-hybridized carbons (Fsp3) is 0.364. The Balaban J connectivity index is 2.57. The van der Waals surface area contributed by atoms with E-state index in [9.17, 15) is 4.79 Å². The van der Waals surface area contributed by atoms with Crippen LogP contribution in [0, 0.1) is 6.92 Å². The summed E-state index contributed by atoms with van der Waals surface area (Å²) in [4.78, 5) is 11.4. The third-order valence-corrected chi connectivity index (χ3v) is 2.67. The number of carbonyl (C=O) groups is 1. The molecular formula is C11H14ClNOS. The molecule has 0 atom stereocenters. The van der Waals surface area contributed by atoms with Gasteiger partial charge in [0.1, 0.15) is 0 Å². The summed E-state index contributed by atoms with van der Waals surface area (Å²) in [6, 6.07) is 5.62. The minimum Gasteiger partial charge on any atom is -0.355 e. The number of rotatable bonds is 4. The van der Waals surface area contributed by atoms with Gasteiger partial charge in [-0.25, -0.2) is 0 Å². The maximum absolute atomic E-state index is 11.4. The molecule has 2 nitrogen and oxygen atoms in total. The molecule has 15 heavy (non-hydrogen) atoms. The van der Waals surface area contributed by atoms with Crippen LogP contribution in [0.25, 0.3) is 0 Å². The van der Waals surface area contributed by atoms with E-state index in [1.54, 1.807) is 0 Å². The zero-order chi connectivity index (χ0) is 11.3. The lowest BCUT2D eigenvalue weighted by Gasteiger charge is -2.05. The molecular weight excluding hydrogens is 230 g/mol. The van der Waals surface area contributed by atoms with E-state index in [1.165, 1.54) is 0 Å². The highest BCUT2D eigenvalue weighted by molar-refractivity contribution is 7.80. The lowest BCUT2D eigenvalue weighted by atomic mass is 10.1. The summed E-state index contributed by atoms with van der Waals surface area (Å²) in [5.74, 6) is 0.677. The summed E-state index contributed by atoms with van der Waals surface area (Å²) in [5.41, 5.74) is 1.98. The first-order valence-corrected chi connectivity index (χ1v) is 5.77. The SMILES string of the molecule is Cc1cc(CC(=O)NCCS)ccc1Cl. The van der Waals surface area contributed by atoms with E-state index in [4.69, 9.17) is 11.6 Å². The topological polar surface area (TPSA) is 29.1 Å². The summed E-state index contributed by atoms with van der Waals surface area (Å²) in [6.07, 6.45) is 0.395. The molecule has 1 aromatic carbocycles. The van der Waals surface area contributed by atoms with Crippen molar-refractivity contribution in [1.29, 1.82) is 0 Å². The van der Waals surface area contributed by atoms with Gasteiger partial charge in [-0.1, -0.05) is 23.7 Å². The smallest absolute Gasteiger partial charge is 0.224 e. The summed E-state index contributed by atoms with van der Waals surface area (Å²) in [7, 11) is 0. The predicted octanol–water partition coefficient (Wildman–Crippen LogP) is 2.24. The van der Waals surface area contributed by atoms with Gasteiger partial charge in [-0.3, -0.25) is 4.79 Å². The Kier molecular flexibility index (Phi) is 4.99. The molecule has 0 fully saturated rings. The van der Waals surface area contributed by atoms with E-state index in [-0.39, 0.29) is 5.91 Å². The number of carbonyl (C=O) groups excluding carboxylic acids is 1. The highest BCUT2D eigenvalue weighted by atomic mass is 35.5. The molecule has 0 aliphatic carbocycles. The van der Waals surface area contributed by atoms with Crippen molar-refractivity contribution < 1.29 is 4.79 Å². The molecule has 0 saturated heterocycles. The van der Waals surface area contributed by atoms with Crippen LogP contribution in [0.1, 0.15) is 11.1 Å². The third kappa shape index (κ3) is 4.14. The Hall–Kier alpha value is -0.670. The van der Waals surface area contributed by atoms with Crippen LogP contribution in [0.3, 0.4) is 0 Å². The van der Waals surface area contributed by atoms with Gasteiger partial charge in [0.15, 0.2) is 0 Å². The van der Waals surface area contributed by atoms with Crippen molar-refractivity contribution in [3.05, 3.63) is 34.3 Å². The summed E-state index contributed by atoms with van der Waals surface area (Å²) in [5, 5.41) is 3.50. The fourth-order valence-electron chi connectivity index (χ4n) is 1.26. The van der Waals surface area contributed by atoms with Crippen molar-refractivity contribution >= 4 is 30.1 Å². The normalized spacial score (nSPS) is 10.1. The van der Waals surface area contributed by atoms with Crippen molar-refractivity contribution in [2.75, 3.05) is 12.3 Å². The van der Waals surface area contributed by atoms with E-state index in [2.05, 4.69) is 17.9 Å². The molecule has 1 aromatic rings. The Morgan fingerprint density at radius 1 is 1.53 bits per heavy atom. The number of amides is 1. The van der Waals surface area contributed by atoms with E-state index in [1.807, 2.05) is 25.1 Å². The molecule has 0 aliphatic heterocycles. The lowest BCUT2D eigenvalue weighted by Crippen LogP contribution is -2.26. The minimum absolute atomic E-state index is 0.0192. The van der Waals surface area contributed by atoms with Gasteiger partial charge in [0, 0.05) is 17.3 Å². The molecule has 1 amide bonds. The molecule has 0 unspecified atom stereocenters. The first-order valence-electron chi connectivity index (χ1n) is 4.76. The zero-order valence-electron chi connectivity index (χ0n) is 8.59. The van der Waals surface area contributed by atoms with Gasteiger partial charge in [0.25, 0.3) is 0 Å². The zero-order valence-corrected chi connectivity index (χ0v) is 10.2. The molecule has 0 radical (unpaired) electrons. The average molecular weight is 244 g/mol. The monoisotopic (exact) mass is 243 g/mol. The van der Waals surface area contributed by atoms with E-state index >= 15 is 0 Å². The third-order valence-electron chi connectivity index (χ3n) is 2.02. The first-order chi connectivity index (χ1) is 7.13. The van der Waals surface area contributed by atoms with Gasteiger partial charge in [0.2, 0.25) is 5.91 Å². The van der Waals surface area contributed by atoms with Crippen molar-refractivity contribution in [1.82, 2.24) is 5.32 Å². The molecule has 0 saturated carbocycles. The van der Waals surface area contributed by atoms with Gasteiger partial charge < -0.3 is 5.32 Å². The fourth-order valence-corrected chi connectivity index (χ4v) is 1.49. The number of aryl methyl sites for hydroxylation is 1. The van der Waals surface area contributed by atoms with Crippen molar-refractivity contribution in [3.8, 4) is 0 Å². The number of nitrogens with one attached hydrogen (secondary N) is 1. The molecule has 1 N–H and O–H groups in total. The lowest BCUT2D eigenvalue weighted by molar-refractivity contribution is -0.120. The average Bonchev–Trinajstić information content (AvgIpc) is 2.20.